The van der Waals surface area contributed by atoms with E-state index >= 15 is 0 Å². The first-order valence-electron chi connectivity index (χ1n) is 8.49. The van der Waals surface area contributed by atoms with Crippen molar-refractivity contribution >= 4 is 17.8 Å². The maximum Gasteiger partial charge on any atom is 0.323 e. The Morgan fingerprint density at radius 2 is 1.83 bits per heavy atom. The Balaban J connectivity index is 2.63. The van der Waals surface area contributed by atoms with Gasteiger partial charge in [0.05, 0.1) is 0 Å². The molecule has 2 amide bonds. The van der Waals surface area contributed by atoms with Gasteiger partial charge in [-0.15, -0.1) is 0 Å². The van der Waals surface area contributed by atoms with Crippen LogP contribution >= 0.6 is 0 Å². The molecule has 1 rings (SSSR count). The summed E-state index contributed by atoms with van der Waals surface area (Å²) in [6.45, 7) is 8.75. The summed E-state index contributed by atoms with van der Waals surface area (Å²) in [6, 6.07) is -0.0936. The highest BCUT2D eigenvalue weighted by atomic mass is 16.4. The van der Waals surface area contributed by atoms with Crippen LogP contribution in [0.4, 0.5) is 0 Å². The fourth-order valence-electron chi connectivity index (χ4n) is 2.92. The second kappa shape index (κ2) is 8.89. The van der Waals surface area contributed by atoms with Crippen LogP contribution in [0.2, 0.25) is 0 Å². The number of hydrogen-bond acceptors (Lipinski definition) is 3. The van der Waals surface area contributed by atoms with Crippen molar-refractivity contribution in [3.8, 4) is 0 Å². The molecule has 2 unspecified atom stereocenters. The molecular formula is C17H30N2O4. The lowest BCUT2D eigenvalue weighted by molar-refractivity contribution is -0.145. The van der Waals surface area contributed by atoms with Crippen molar-refractivity contribution in [2.45, 2.75) is 59.4 Å². The maximum atomic E-state index is 12.4. The zero-order valence-electron chi connectivity index (χ0n) is 14.7. The van der Waals surface area contributed by atoms with E-state index in [0.29, 0.717) is 37.8 Å². The standard InChI is InChI=1S/C17H30N2O4/c1-12(2)13(3)10-16(21)18-8-5-6-15(7-9-18)19(14(4)20)11-17(22)23/h12-13,15H,5-11H2,1-4H3,(H,22,23). The van der Waals surface area contributed by atoms with Crippen molar-refractivity contribution in [3.63, 3.8) is 0 Å². The van der Waals surface area contributed by atoms with Gasteiger partial charge in [-0.25, -0.2) is 0 Å². The number of nitrogens with zero attached hydrogens (tertiary/aromatic N) is 2. The number of rotatable bonds is 6. The van der Waals surface area contributed by atoms with Gasteiger partial charge in [-0.3, -0.25) is 14.4 Å². The molecule has 0 saturated carbocycles. The van der Waals surface area contributed by atoms with E-state index < -0.39 is 5.97 Å². The third-order valence-electron chi connectivity index (χ3n) is 4.84. The number of hydrogen-bond donors (Lipinski definition) is 1. The lowest BCUT2D eigenvalue weighted by atomic mass is 9.94. The minimum absolute atomic E-state index is 0.0936. The number of likely N-dealkylation sites (tertiary alicyclic amines) is 1. The quantitative estimate of drug-likeness (QED) is 0.809. The number of carbonyl (C=O) groups excluding carboxylic acids is 2. The number of aliphatic carboxylic acids is 1. The van der Waals surface area contributed by atoms with Crippen molar-refractivity contribution in [3.05, 3.63) is 0 Å². The van der Waals surface area contributed by atoms with Crippen LogP contribution in [0.25, 0.3) is 0 Å². The molecule has 1 aliphatic heterocycles. The molecule has 0 spiro atoms. The van der Waals surface area contributed by atoms with E-state index in [1.807, 2.05) is 4.90 Å². The Kier molecular flexibility index (Phi) is 7.52. The summed E-state index contributed by atoms with van der Waals surface area (Å²) in [5, 5.41) is 8.97. The Bertz CT molecular complexity index is 436. The number of carboxylic acids is 1. The van der Waals surface area contributed by atoms with Gasteiger partial charge >= 0.3 is 5.97 Å². The predicted molar refractivity (Wildman–Crippen MR) is 87.9 cm³/mol. The molecule has 0 aromatic heterocycles. The first-order chi connectivity index (χ1) is 10.7. The van der Waals surface area contributed by atoms with Gasteiger partial charge in [0.2, 0.25) is 11.8 Å². The first-order valence-corrected chi connectivity index (χ1v) is 8.49. The van der Waals surface area contributed by atoms with Gasteiger partial charge in [0.15, 0.2) is 0 Å². The number of amides is 2. The van der Waals surface area contributed by atoms with Gasteiger partial charge in [-0.2, -0.15) is 0 Å². The highest BCUT2D eigenvalue weighted by Gasteiger charge is 2.28. The molecule has 0 radical (unpaired) electrons. The molecule has 0 bridgehead atoms. The fraction of sp³-hybridized carbons (Fsp3) is 0.824. The molecule has 1 aliphatic rings. The number of carboxylic acid groups (broad SMARTS) is 1. The van der Waals surface area contributed by atoms with E-state index in [0.717, 1.165) is 12.8 Å². The summed E-state index contributed by atoms with van der Waals surface area (Å²) in [4.78, 5) is 38.4. The van der Waals surface area contributed by atoms with Crippen LogP contribution in [-0.2, 0) is 14.4 Å². The second-order valence-corrected chi connectivity index (χ2v) is 6.93. The van der Waals surface area contributed by atoms with Crippen molar-refractivity contribution in [1.82, 2.24) is 9.80 Å². The molecule has 1 heterocycles. The summed E-state index contributed by atoms with van der Waals surface area (Å²) in [5.74, 6) is -0.224. The molecule has 1 saturated heterocycles. The zero-order chi connectivity index (χ0) is 17.6. The minimum atomic E-state index is -0.997. The summed E-state index contributed by atoms with van der Waals surface area (Å²) < 4.78 is 0. The summed E-state index contributed by atoms with van der Waals surface area (Å²) in [6.07, 6.45) is 2.74. The van der Waals surface area contributed by atoms with Gasteiger partial charge in [-0.05, 0) is 31.1 Å². The summed E-state index contributed by atoms with van der Waals surface area (Å²) >= 11 is 0. The van der Waals surface area contributed by atoms with E-state index in [9.17, 15) is 14.4 Å². The van der Waals surface area contributed by atoms with Crippen molar-refractivity contribution < 1.29 is 19.5 Å². The van der Waals surface area contributed by atoms with Gasteiger partial charge < -0.3 is 14.9 Å². The van der Waals surface area contributed by atoms with E-state index in [1.54, 1.807) is 0 Å². The molecule has 6 nitrogen and oxygen atoms in total. The SMILES string of the molecule is CC(=O)N(CC(=O)O)C1CCCN(C(=O)CC(C)C(C)C)CC1. The van der Waals surface area contributed by atoms with E-state index in [-0.39, 0.29) is 24.4 Å². The highest BCUT2D eigenvalue weighted by molar-refractivity contribution is 5.80. The molecule has 1 N–H and O–H groups in total. The van der Waals surface area contributed by atoms with Crippen molar-refractivity contribution in [2.75, 3.05) is 19.6 Å². The molecule has 0 aliphatic carbocycles. The first kappa shape index (κ1) is 19.5. The van der Waals surface area contributed by atoms with Gasteiger partial charge in [-0.1, -0.05) is 20.8 Å². The topological polar surface area (TPSA) is 77.9 Å². The Morgan fingerprint density at radius 1 is 1.17 bits per heavy atom. The van der Waals surface area contributed by atoms with Crippen LogP contribution in [0.3, 0.4) is 0 Å². The van der Waals surface area contributed by atoms with Crippen LogP contribution in [0, 0.1) is 11.8 Å². The maximum absolute atomic E-state index is 12.4. The van der Waals surface area contributed by atoms with E-state index in [2.05, 4.69) is 20.8 Å². The van der Waals surface area contributed by atoms with Crippen LogP contribution in [0.5, 0.6) is 0 Å². The van der Waals surface area contributed by atoms with E-state index in [4.69, 9.17) is 5.11 Å². The highest BCUT2D eigenvalue weighted by Crippen LogP contribution is 2.20. The van der Waals surface area contributed by atoms with Crippen molar-refractivity contribution in [1.29, 1.82) is 0 Å². The lowest BCUT2D eigenvalue weighted by Crippen LogP contribution is -2.43. The third kappa shape index (κ3) is 6.20. The number of carbonyl (C=O) groups is 3. The Labute approximate surface area is 138 Å². The molecule has 132 valence electrons. The van der Waals surface area contributed by atoms with Crippen LogP contribution < -0.4 is 0 Å². The van der Waals surface area contributed by atoms with Gasteiger partial charge in [0.25, 0.3) is 0 Å². The van der Waals surface area contributed by atoms with Crippen LogP contribution in [0.1, 0.15) is 53.4 Å². The normalized spacial score (nSPS) is 20.0. The molecular weight excluding hydrogens is 296 g/mol. The molecule has 0 aromatic carbocycles. The van der Waals surface area contributed by atoms with Gasteiger partial charge in [0.1, 0.15) is 6.54 Å². The monoisotopic (exact) mass is 326 g/mol. The second-order valence-electron chi connectivity index (χ2n) is 6.93. The Morgan fingerprint density at radius 3 is 2.35 bits per heavy atom. The van der Waals surface area contributed by atoms with Crippen LogP contribution in [-0.4, -0.2) is 58.4 Å². The lowest BCUT2D eigenvalue weighted by Gasteiger charge is -2.29. The molecule has 2 atom stereocenters. The summed E-state index contributed by atoms with van der Waals surface area (Å²) in [7, 11) is 0. The van der Waals surface area contributed by atoms with Crippen molar-refractivity contribution in [2.24, 2.45) is 11.8 Å². The Hall–Kier alpha value is -1.59. The largest absolute Gasteiger partial charge is 0.480 e. The molecule has 6 heteroatoms. The third-order valence-corrected chi connectivity index (χ3v) is 4.84. The van der Waals surface area contributed by atoms with E-state index in [1.165, 1.54) is 11.8 Å². The summed E-state index contributed by atoms with van der Waals surface area (Å²) in [5.41, 5.74) is 0. The smallest absolute Gasteiger partial charge is 0.323 e. The average molecular weight is 326 g/mol. The minimum Gasteiger partial charge on any atom is -0.480 e. The predicted octanol–water partition coefficient (Wildman–Crippen LogP) is 1.98. The fourth-order valence-corrected chi connectivity index (χ4v) is 2.92. The average Bonchev–Trinajstić information content (AvgIpc) is 2.69. The molecule has 23 heavy (non-hydrogen) atoms. The molecule has 0 aromatic rings. The van der Waals surface area contributed by atoms with Gasteiger partial charge in [0, 0.05) is 32.5 Å². The van der Waals surface area contributed by atoms with Crippen LogP contribution in [0.15, 0.2) is 0 Å². The zero-order valence-corrected chi connectivity index (χ0v) is 14.7. The molecule has 1 fully saturated rings.